The molecule has 2 heterocycles. The highest BCUT2D eigenvalue weighted by Gasteiger charge is 2.26. The predicted octanol–water partition coefficient (Wildman–Crippen LogP) is 2.98. The molecular weight excluding hydrogens is 376 g/mol. The molecule has 142 valence electrons. The number of fused-ring (bicyclic) bond motifs is 1. The summed E-state index contributed by atoms with van der Waals surface area (Å²) in [6.45, 7) is 1.30. The Balaban J connectivity index is 1.65. The Morgan fingerprint density at radius 1 is 1.07 bits per heavy atom. The number of hydrogen-bond acceptors (Lipinski definition) is 6. The van der Waals surface area contributed by atoms with Crippen LogP contribution >= 0.6 is 0 Å². The van der Waals surface area contributed by atoms with Crippen molar-refractivity contribution in [3.05, 3.63) is 65.4 Å². The van der Waals surface area contributed by atoms with E-state index in [0.717, 1.165) is 4.31 Å². The maximum atomic E-state index is 12.2. The van der Waals surface area contributed by atoms with Crippen LogP contribution < -0.4 is 4.90 Å². The second-order valence-electron chi connectivity index (χ2n) is 6.72. The molecule has 3 aromatic rings. The number of anilines is 1. The molecule has 28 heavy (non-hydrogen) atoms. The number of nitriles is 1. The zero-order chi connectivity index (χ0) is 19.9. The van der Waals surface area contributed by atoms with E-state index in [0.29, 0.717) is 24.5 Å². The van der Waals surface area contributed by atoms with Crippen LogP contribution in [0.5, 0.6) is 0 Å². The van der Waals surface area contributed by atoms with Gasteiger partial charge in [0.1, 0.15) is 6.07 Å². The van der Waals surface area contributed by atoms with Gasteiger partial charge in [0.25, 0.3) is 0 Å². The lowest BCUT2D eigenvalue weighted by Gasteiger charge is -2.13. The van der Waals surface area contributed by atoms with Crippen LogP contribution in [-0.2, 0) is 23.1 Å². The number of nitrogens with zero attached hydrogens (tertiary/aromatic N) is 4. The summed E-state index contributed by atoms with van der Waals surface area (Å²) in [5.74, 6) is 0.718. The number of aromatic nitrogens is 1. The Labute approximate surface area is 163 Å². The van der Waals surface area contributed by atoms with Gasteiger partial charge in [-0.3, -0.25) is 0 Å². The fourth-order valence-corrected chi connectivity index (χ4v) is 4.08. The summed E-state index contributed by atoms with van der Waals surface area (Å²) in [7, 11) is -0.539. The van der Waals surface area contributed by atoms with Gasteiger partial charge in [-0.15, -0.1) is 0 Å². The van der Waals surface area contributed by atoms with Crippen LogP contribution in [0.25, 0.3) is 11.5 Å². The standard InChI is InChI=1S/C20H18N4O3S/c1-23(2)28(25,26)17-9-7-14(8-10-17)19-22-18(11-21)20(27-19)24-12-15-5-3-4-6-16(15)13-24/h3-10H,12-13H2,1-2H3. The van der Waals surface area contributed by atoms with Gasteiger partial charge in [0, 0.05) is 32.7 Å². The smallest absolute Gasteiger partial charge is 0.242 e. The van der Waals surface area contributed by atoms with Crippen molar-refractivity contribution in [3.8, 4) is 17.5 Å². The second kappa shape index (κ2) is 6.78. The fraction of sp³-hybridized carbons (Fsp3) is 0.200. The molecule has 0 bridgehead atoms. The molecule has 1 aliphatic heterocycles. The Bertz CT molecular complexity index is 1150. The largest absolute Gasteiger partial charge is 0.419 e. The van der Waals surface area contributed by atoms with E-state index < -0.39 is 10.0 Å². The lowest BCUT2D eigenvalue weighted by Crippen LogP contribution is -2.22. The molecule has 0 radical (unpaired) electrons. The number of sulfonamides is 1. The predicted molar refractivity (Wildman–Crippen MR) is 104 cm³/mol. The Hall–Kier alpha value is -3.15. The normalized spacial score (nSPS) is 13.6. The van der Waals surface area contributed by atoms with Crippen LogP contribution in [0, 0.1) is 11.3 Å². The van der Waals surface area contributed by atoms with E-state index in [1.54, 1.807) is 12.1 Å². The molecule has 0 aliphatic carbocycles. The first-order valence-corrected chi connectivity index (χ1v) is 10.1. The maximum Gasteiger partial charge on any atom is 0.242 e. The van der Waals surface area contributed by atoms with Gasteiger partial charge in [-0.1, -0.05) is 24.3 Å². The summed E-state index contributed by atoms with van der Waals surface area (Å²) in [4.78, 5) is 6.46. The van der Waals surface area contributed by atoms with Crippen LogP contribution in [0.4, 0.5) is 5.88 Å². The van der Waals surface area contributed by atoms with Crippen molar-refractivity contribution in [2.24, 2.45) is 0 Å². The second-order valence-corrected chi connectivity index (χ2v) is 8.87. The molecule has 7 nitrogen and oxygen atoms in total. The third-order valence-electron chi connectivity index (χ3n) is 4.72. The fourth-order valence-electron chi connectivity index (χ4n) is 3.18. The zero-order valence-electron chi connectivity index (χ0n) is 15.5. The summed E-state index contributed by atoms with van der Waals surface area (Å²) in [5, 5.41) is 9.48. The molecule has 0 N–H and O–H groups in total. The SMILES string of the molecule is CN(C)S(=O)(=O)c1ccc(-c2nc(C#N)c(N3Cc4ccccc4C3)o2)cc1. The minimum Gasteiger partial charge on any atom is -0.419 e. The molecule has 0 spiro atoms. The molecule has 1 aliphatic rings. The average molecular weight is 394 g/mol. The summed E-state index contributed by atoms with van der Waals surface area (Å²) in [6.07, 6.45) is 0. The molecule has 2 aromatic carbocycles. The van der Waals surface area contributed by atoms with E-state index in [-0.39, 0.29) is 16.5 Å². The van der Waals surface area contributed by atoms with Crippen LogP contribution in [0.2, 0.25) is 0 Å². The molecule has 8 heteroatoms. The number of oxazole rings is 1. The summed E-state index contributed by atoms with van der Waals surface area (Å²) in [5.41, 5.74) is 3.22. The van der Waals surface area contributed by atoms with E-state index in [1.165, 1.54) is 37.4 Å². The molecule has 0 atom stereocenters. The van der Waals surface area contributed by atoms with Gasteiger partial charge in [-0.25, -0.2) is 12.7 Å². The average Bonchev–Trinajstić information content (AvgIpc) is 3.31. The van der Waals surface area contributed by atoms with Crippen molar-refractivity contribution in [2.75, 3.05) is 19.0 Å². The summed E-state index contributed by atoms with van der Waals surface area (Å²) < 4.78 is 31.5. The van der Waals surface area contributed by atoms with Gasteiger partial charge in [-0.2, -0.15) is 10.2 Å². The van der Waals surface area contributed by atoms with E-state index in [4.69, 9.17) is 4.42 Å². The molecule has 0 fully saturated rings. The first-order valence-electron chi connectivity index (χ1n) is 8.66. The first kappa shape index (κ1) is 18.2. The highest BCUT2D eigenvalue weighted by Crippen LogP contribution is 2.34. The van der Waals surface area contributed by atoms with Crippen LogP contribution in [0.15, 0.2) is 57.8 Å². The molecule has 0 saturated heterocycles. The van der Waals surface area contributed by atoms with Gasteiger partial charge in [0.2, 0.25) is 27.5 Å². The number of benzene rings is 2. The van der Waals surface area contributed by atoms with Crippen LogP contribution in [0.3, 0.4) is 0 Å². The van der Waals surface area contributed by atoms with E-state index in [1.807, 2.05) is 17.0 Å². The number of rotatable bonds is 4. The minimum atomic E-state index is -3.51. The van der Waals surface area contributed by atoms with Crippen molar-refractivity contribution < 1.29 is 12.8 Å². The molecule has 1 aromatic heterocycles. The number of hydrogen-bond donors (Lipinski definition) is 0. The van der Waals surface area contributed by atoms with E-state index in [9.17, 15) is 13.7 Å². The maximum absolute atomic E-state index is 12.2. The van der Waals surface area contributed by atoms with Crippen LogP contribution in [0.1, 0.15) is 16.8 Å². The molecule has 0 amide bonds. The lowest BCUT2D eigenvalue weighted by molar-refractivity contribution is 0.520. The van der Waals surface area contributed by atoms with Gasteiger partial charge in [0.05, 0.1) is 4.90 Å². The molecule has 4 rings (SSSR count). The van der Waals surface area contributed by atoms with E-state index in [2.05, 4.69) is 23.2 Å². The minimum absolute atomic E-state index is 0.184. The van der Waals surface area contributed by atoms with E-state index >= 15 is 0 Å². The molecule has 0 unspecified atom stereocenters. The van der Waals surface area contributed by atoms with Gasteiger partial charge >= 0.3 is 0 Å². The lowest BCUT2D eigenvalue weighted by atomic mass is 10.1. The van der Waals surface area contributed by atoms with Gasteiger partial charge in [-0.05, 0) is 35.4 Å². The van der Waals surface area contributed by atoms with Gasteiger partial charge < -0.3 is 9.32 Å². The highest BCUT2D eigenvalue weighted by atomic mass is 32.2. The van der Waals surface area contributed by atoms with Crippen molar-refractivity contribution in [2.45, 2.75) is 18.0 Å². The van der Waals surface area contributed by atoms with Crippen molar-refractivity contribution in [1.29, 1.82) is 5.26 Å². The topological polar surface area (TPSA) is 90.4 Å². The van der Waals surface area contributed by atoms with Crippen molar-refractivity contribution >= 4 is 15.9 Å². The molecule has 0 saturated carbocycles. The first-order chi connectivity index (χ1) is 13.4. The quantitative estimate of drug-likeness (QED) is 0.676. The Morgan fingerprint density at radius 3 is 2.21 bits per heavy atom. The third-order valence-corrected chi connectivity index (χ3v) is 6.55. The van der Waals surface area contributed by atoms with Crippen molar-refractivity contribution in [1.82, 2.24) is 9.29 Å². The monoisotopic (exact) mass is 394 g/mol. The Morgan fingerprint density at radius 2 is 1.68 bits per heavy atom. The van der Waals surface area contributed by atoms with Crippen LogP contribution in [-0.4, -0.2) is 31.8 Å². The third kappa shape index (κ3) is 3.05. The molecular formula is C20H18N4O3S. The van der Waals surface area contributed by atoms with Gasteiger partial charge in [0.15, 0.2) is 0 Å². The highest BCUT2D eigenvalue weighted by molar-refractivity contribution is 7.89. The zero-order valence-corrected chi connectivity index (χ0v) is 16.3. The summed E-state index contributed by atoms with van der Waals surface area (Å²) >= 11 is 0. The summed E-state index contributed by atoms with van der Waals surface area (Å²) in [6, 6.07) is 16.5. The van der Waals surface area contributed by atoms with Crippen molar-refractivity contribution in [3.63, 3.8) is 0 Å². The Kier molecular flexibility index (Phi) is 4.41.